The monoisotopic (exact) mass is 258 g/mol. The van der Waals surface area contributed by atoms with Crippen LogP contribution in [-0.4, -0.2) is 20.8 Å². The van der Waals surface area contributed by atoms with Gasteiger partial charge < -0.3 is 14.4 Å². The molecule has 1 aromatic carbocycles. The van der Waals surface area contributed by atoms with Crippen molar-refractivity contribution in [2.45, 2.75) is 38.5 Å². The highest BCUT2D eigenvalue weighted by Gasteiger charge is 2.32. The molecular weight excluding hydrogens is 240 g/mol. The van der Waals surface area contributed by atoms with Crippen LogP contribution in [0.25, 0.3) is 0 Å². The Labute approximate surface area is 112 Å². The summed E-state index contributed by atoms with van der Waals surface area (Å²) < 4.78 is 7.82. The van der Waals surface area contributed by atoms with Gasteiger partial charge in [-0.25, -0.2) is 4.98 Å². The largest absolute Gasteiger partial charge is 0.487 e. The van der Waals surface area contributed by atoms with Gasteiger partial charge in [0.2, 0.25) is 0 Å². The van der Waals surface area contributed by atoms with Crippen LogP contribution in [0.2, 0.25) is 0 Å². The molecule has 3 rings (SSSR count). The first-order valence-electron chi connectivity index (χ1n) is 6.73. The second-order valence-electron chi connectivity index (χ2n) is 4.89. The van der Waals surface area contributed by atoms with Gasteiger partial charge in [0.25, 0.3) is 0 Å². The number of nitrogens with zero attached hydrogens (tertiary/aromatic N) is 2. The Kier molecular flexibility index (Phi) is 3.25. The molecule has 1 aliphatic heterocycles. The number of aliphatic hydroxyl groups is 1. The lowest BCUT2D eigenvalue weighted by molar-refractivity contribution is 0.0405. The first-order chi connectivity index (χ1) is 9.29. The summed E-state index contributed by atoms with van der Waals surface area (Å²) >= 11 is 0. The van der Waals surface area contributed by atoms with Crippen LogP contribution in [0.3, 0.4) is 0 Å². The molecule has 0 bridgehead atoms. The van der Waals surface area contributed by atoms with Crippen molar-refractivity contribution in [1.82, 2.24) is 9.55 Å². The average molecular weight is 258 g/mol. The van der Waals surface area contributed by atoms with E-state index in [4.69, 9.17) is 4.74 Å². The Balaban J connectivity index is 1.79. The van der Waals surface area contributed by atoms with E-state index in [1.54, 1.807) is 6.20 Å². The highest BCUT2D eigenvalue weighted by Crippen LogP contribution is 2.33. The Morgan fingerprint density at radius 1 is 1.47 bits per heavy atom. The molecule has 100 valence electrons. The summed E-state index contributed by atoms with van der Waals surface area (Å²) in [7, 11) is 0. The molecule has 2 atom stereocenters. The zero-order chi connectivity index (χ0) is 13.2. The lowest BCUT2D eigenvalue weighted by atomic mass is 10.1. The number of aromatic nitrogens is 2. The normalized spacial score (nSPS) is 18.9. The summed E-state index contributed by atoms with van der Waals surface area (Å²) in [5.41, 5.74) is 1.15. The van der Waals surface area contributed by atoms with E-state index >= 15 is 0 Å². The van der Waals surface area contributed by atoms with Gasteiger partial charge in [0.1, 0.15) is 23.8 Å². The third kappa shape index (κ3) is 2.24. The number of imidazole rings is 1. The van der Waals surface area contributed by atoms with Crippen molar-refractivity contribution in [2.24, 2.45) is 0 Å². The quantitative estimate of drug-likeness (QED) is 0.915. The van der Waals surface area contributed by atoms with E-state index in [1.807, 2.05) is 35.0 Å². The van der Waals surface area contributed by atoms with Gasteiger partial charge >= 0.3 is 0 Å². The third-order valence-corrected chi connectivity index (χ3v) is 3.50. The summed E-state index contributed by atoms with van der Waals surface area (Å²) in [6, 6.07) is 7.93. The summed E-state index contributed by atoms with van der Waals surface area (Å²) in [6.07, 6.45) is 4.46. The Morgan fingerprint density at radius 3 is 3.11 bits per heavy atom. The van der Waals surface area contributed by atoms with Crippen molar-refractivity contribution in [3.05, 3.63) is 48.0 Å². The van der Waals surface area contributed by atoms with Crippen molar-refractivity contribution < 1.29 is 9.84 Å². The highest BCUT2D eigenvalue weighted by atomic mass is 16.5. The van der Waals surface area contributed by atoms with E-state index in [9.17, 15) is 5.11 Å². The van der Waals surface area contributed by atoms with Gasteiger partial charge in [0.05, 0.1) is 0 Å². The molecule has 0 spiro atoms. The van der Waals surface area contributed by atoms with Gasteiger partial charge in [-0.2, -0.15) is 0 Å². The first kappa shape index (κ1) is 12.2. The second-order valence-corrected chi connectivity index (χ2v) is 4.89. The smallest absolute Gasteiger partial charge is 0.149 e. The Bertz CT molecular complexity index is 540. The topological polar surface area (TPSA) is 47.3 Å². The number of fused-ring (bicyclic) bond motifs is 1. The van der Waals surface area contributed by atoms with E-state index in [0.717, 1.165) is 30.7 Å². The van der Waals surface area contributed by atoms with Crippen LogP contribution in [0.4, 0.5) is 0 Å². The lowest BCUT2D eigenvalue weighted by Crippen LogP contribution is -2.26. The van der Waals surface area contributed by atoms with Crippen LogP contribution in [0, 0.1) is 0 Å². The summed E-state index contributed by atoms with van der Waals surface area (Å²) in [6.45, 7) is 2.98. The number of aliphatic hydroxyl groups excluding tert-OH is 1. The number of rotatable bonds is 4. The molecule has 4 heteroatoms. The van der Waals surface area contributed by atoms with E-state index in [2.05, 4.69) is 11.9 Å². The molecular formula is C15H18N2O2. The van der Waals surface area contributed by atoms with E-state index in [0.29, 0.717) is 5.82 Å². The van der Waals surface area contributed by atoms with Crippen LogP contribution in [0.15, 0.2) is 36.7 Å². The second kappa shape index (κ2) is 5.05. The molecule has 0 amide bonds. The number of para-hydroxylation sites is 1. The number of hydrogen-bond donors (Lipinski definition) is 1. The molecule has 1 aliphatic rings. The SMILES string of the molecule is CCCn1ccnc1C(O)C1Cc2ccccc2O1. The number of aryl methyl sites for hydroxylation is 1. The standard InChI is InChI=1S/C15H18N2O2/c1-2-8-17-9-7-16-15(17)14(18)13-10-11-5-3-4-6-12(11)19-13/h3-7,9,13-14,18H,2,8,10H2,1H3. The molecule has 1 aromatic heterocycles. The van der Waals surface area contributed by atoms with Crippen molar-refractivity contribution >= 4 is 0 Å². The summed E-state index contributed by atoms with van der Waals surface area (Å²) in [5.74, 6) is 1.57. The van der Waals surface area contributed by atoms with Gasteiger partial charge in [-0.05, 0) is 18.1 Å². The van der Waals surface area contributed by atoms with Crippen LogP contribution < -0.4 is 4.74 Å². The van der Waals surface area contributed by atoms with Gasteiger partial charge in [-0.15, -0.1) is 0 Å². The average Bonchev–Trinajstić information content (AvgIpc) is 3.04. The number of benzene rings is 1. The van der Waals surface area contributed by atoms with Crippen molar-refractivity contribution in [3.63, 3.8) is 0 Å². The van der Waals surface area contributed by atoms with E-state index in [-0.39, 0.29) is 6.10 Å². The van der Waals surface area contributed by atoms with Crippen molar-refractivity contribution in [2.75, 3.05) is 0 Å². The molecule has 0 fully saturated rings. The zero-order valence-corrected chi connectivity index (χ0v) is 11.0. The minimum absolute atomic E-state index is 0.240. The fourth-order valence-electron chi connectivity index (χ4n) is 2.57. The minimum Gasteiger partial charge on any atom is -0.487 e. The first-order valence-corrected chi connectivity index (χ1v) is 6.73. The summed E-state index contributed by atoms with van der Waals surface area (Å²) in [5, 5.41) is 10.5. The number of hydrogen-bond acceptors (Lipinski definition) is 3. The summed E-state index contributed by atoms with van der Waals surface area (Å²) in [4.78, 5) is 4.28. The Hall–Kier alpha value is -1.81. The maximum absolute atomic E-state index is 10.5. The molecule has 0 radical (unpaired) electrons. The van der Waals surface area contributed by atoms with Crippen molar-refractivity contribution in [1.29, 1.82) is 0 Å². The molecule has 4 nitrogen and oxygen atoms in total. The van der Waals surface area contributed by atoms with Crippen LogP contribution in [-0.2, 0) is 13.0 Å². The molecule has 0 aliphatic carbocycles. The maximum Gasteiger partial charge on any atom is 0.149 e. The molecule has 0 saturated heterocycles. The van der Waals surface area contributed by atoms with Gasteiger partial charge in [0.15, 0.2) is 0 Å². The van der Waals surface area contributed by atoms with Gasteiger partial charge in [0, 0.05) is 25.4 Å². The molecule has 2 aromatic rings. The third-order valence-electron chi connectivity index (χ3n) is 3.50. The predicted molar refractivity (Wildman–Crippen MR) is 72.0 cm³/mol. The van der Waals surface area contributed by atoms with Crippen LogP contribution in [0.5, 0.6) is 5.75 Å². The van der Waals surface area contributed by atoms with Crippen LogP contribution in [0.1, 0.15) is 30.8 Å². The number of ether oxygens (including phenoxy) is 1. The zero-order valence-electron chi connectivity index (χ0n) is 11.0. The van der Waals surface area contributed by atoms with Gasteiger partial charge in [-0.3, -0.25) is 0 Å². The minimum atomic E-state index is -0.686. The molecule has 2 heterocycles. The van der Waals surface area contributed by atoms with Crippen LogP contribution >= 0.6 is 0 Å². The fraction of sp³-hybridized carbons (Fsp3) is 0.400. The van der Waals surface area contributed by atoms with Gasteiger partial charge in [-0.1, -0.05) is 25.1 Å². The molecule has 0 saturated carbocycles. The maximum atomic E-state index is 10.5. The molecule has 2 unspecified atom stereocenters. The lowest BCUT2D eigenvalue weighted by Gasteiger charge is -2.18. The Morgan fingerprint density at radius 2 is 2.32 bits per heavy atom. The molecule has 1 N–H and O–H groups in total. The van der Waals surface area contributed by atoms with Crippen molar-refractivity contribution in [3.8, 4) is 5.75 Å². The predicted octanol–water partition coefficient (Wildman–Crippen LogP) is 2.33. The highest BCUT2D eigenvalue weighted by molar-refractivity contribution is 5.37. The van der Waals surface area contributed by atoms with E-state index in [1.165, 1.54) is 0 Å². The molecule has 19 heavy (non-hydrogen) atoms. The fourth-order valence-corrected chi connectivity index (χ4v) is 2.57. The van der Waals surface area contributed by atoms with E-state index < -0.39 is 6.10 Å².